The molecule has 0 aliphatic carbocycles. The Labute approximate surface area is 105 Å². The molecule has 0 spiro atoms. The van der Waals surface area contributed by atoms with Crippen molar-refractivity contribution < 1.29 is 13.6 Å². The summed E-state index contributed by atoms with van der Waals surface area (Å²) in [6, 6.07) is 1.81. The minimum Gasteiger partial charge on any atom is -0.394 e. The van der Waals surface area contributed by atoms with Crippen LogP contribution < -0.4 is 11.1 Å². The number of hydrogen-bond donors (Lipinski definition) is 2. The predicted molar refractivity (Wildman–Crippen MR) is 64.1 cm³/mol. The summed E-state index contributed by atoms with van der Waals surface area (Å²) >= 11 is 1.37. The summed E-state index contributed by atoms with van der Waals surface area (Å²) in [6.07, 6.45) is 1.61. The van der Waals surface area contributed by atoms with Crippen molar-refractivity contribution in [3.05, 3.63) is 45.9 Å². The van der Waals surface area contributed by atoms with Gasteiger partial charge in [-0.3, -0.25) is 9.78 Å². The van der Waals surface area contributed by atoms with Crippen LogP contribution in [0, 0.1) is 11.6 Å². The molecule has 2 aromatic rings. The highest BCUT2D eigenvalue weighted by Crippen LogP contribution is 2.17. The van der Waals surface area contributed by atoms with Gasteiger partial charge in [0.25, 0.3) is 5.91 Å². The lowest BCUT2D eigenvalue weighted by atomic mass is 10.1. The number of carbonyl (C=O) groups excluding carboxylic acids is 1. The molecule has 0 aliphatic rings. The first-order chi connectivity index (χ1) is 8.58. The van der Waals surface area contributed by atoms with E-state index in [0.717, 1.165) is 17.0 Å². The van der Waals surface area contributed by atoms with Gasteiger partial charge >= 0.3 is 0 Å². The number of nitrogens with one attached hydrogen (secondary N) is 1. The van der Waals surface area contributed by atoms with E-state index in [1.807, 2.05) is 0 Å². The lowest BCUT2D eigenvalue weighted by Gasteiger charge is -2.05. The topological polar surface area (TPSA) is 68.0 Å². The number of nitrogen functional groups attached to an aromatic ring is 1. The molecular weight excluding hydrogens is 260 g/mol. The molecular formula is C11H9F2N3OS. The van der Waals surface area contributed by atoms with E-state index >= 15 is 0 Å². The number of amides is 1. The fourth-order valence-corrected chi connectivity index (χ4v) is 1.85. The minimum atomic E-state index is -0.946. The largest absolute Gasteiger partial charge is 0.394 e. The Balaban J connectivity index is 2.09. The molecule has 1 heterocycles. The molecule has 2 rings (SSSR count). The van der Waals surface area contributed by atoms with E-state index in [9.17, 15) is 13.6 Å². The summed E-state index contributed by atoms with van der Waals surface area (Å²) < 4.78 is 26.3. The Morgan fingerprint density at radius 2 is 2.06 bits per heavy atom. The molecule has 0 aliphatic heterocycles. The SMILES string of the molecule is Nc1c(F)cc(C(=O)NCc2cncs2)cc1F. The van der Waals surface area contributed by atoms with Crippen LogP contribution in [0.4, 0.5) is 14.5 Å². The van der Waals surface area contributed by atoms with Crippen LogP contribution in [-0.2, 0) is 6.54 Å². The number of halogens is 2. The van der Waals surface area contributed by atoms with Crippen molar-refractivity contribution in [2.75, 3.05) is 5.73 Å². The molecule has 0 fully saturated rings. The standard InChI is InChI=1S/C11H9F2N3OS/c12-8-1-6(2-9(13)10(8)14)11(17)16-4-7-3-15-5-18-7/h1-3,5H,4,14H2,(H,16,17). The monoisotopic (exact) mass is 269 g/mol. The lowest BCUT2D eigenvalue weighted by molar-refractivity contribution is 0.0950. The first-order valence-electron chi connectivity index (χ1n) is 4.98. The number of rotatable bonds is 3. The van der Waals surface area contributed by atoms with Crippen molar-refractivity contribution in [1.82, 2.24) is 10.3 Å². The number of benzene rings is 1. The van der Waals surface area contributed by atoms with Gasteiger partial charge in [-0.25, -0.2) is 8.78 Å². The number of nitrogens with two attached hydrogens (primary N) is 1. The van der Waals surface area contributed by atoms with Crippen LogP contribution in [0.5, 0.6) is 0 Å². The van der Waals surface area contributed by atoms with Crippen molar-refractivity contribution >= 4 is 22.9 Å². The van der Waals surface area contributed by atoms with Gasteiger partial charge in [-0.2, -0.15) is 0 Å². The smallest absolute Gasteiger partial charge is 0.251 e. The first-order valence-corrected chi connectivity index (χ1v) is 5.86. The normalized spacial score (nSPS) is 10.3. The van der Waals surface area contributed by atoms with Crippen molar-refractivity contribution in [2.45, 2.75) is 6.54 Å². The third kappa shape index (κ3) is 2.62. The third-order valence-electron chi connectivity index (χ3n) is 2.25. The second kappa shape index (κ2) is 5.09. The Morgan fingerprint density at radius 3 is 2.61 bits per heavy atom. The molecule has 3 N–H and O–H groups in total. The zero-order chi connectivity index (χ0) is 13.1. The van der Waals surface area contributed by atoms with Gasteiger partial charge in [0.05, 0.1) is 12.1 Å². The maximum atomic E-state index is 13.2. The van der Waals surface area contributed by atoms with Crippen LogP contribution in [0.3, 0.4) is 0 Å². The predicted octanol–water partition coefficient (Wildman–Crippen LogP) is 1.93. The quantitative estimate of drug-likeness (QED) is 0.837. The van der Waals surface area contributed by atoms with E-state index in [1.54, 1.807) is 11.7 Å². The molecule has 0 bridgehead atoms. The van der Waals surface area contributed by atoms with Gasteiger partial charge in [-0.15, -0.1) is 11.3 Å². The summed E-state index contributed by atoms with van der Waals surface area (Å²) in [5.74, 6) is -2.46. The van der Waals surface area contributed by atoms with Crippen LogP contribution >= 0.6 is 11.3 Å². The Kier molecular flexibility index (Phi) is 3.52. The van der Waals surface area contributed by atoms with Crippen LogP contribution in [-0.4, -0.2) is 10.9 Å². The summed E-state index contributed by atoms with van der Waals surface area (Å²) in [5.41, 5.74) is 6.05. The maximum Gasteiger partial charge on any atom is 0.251 e. The summed E-state index contributed by atoms with van der Waals surface area (Å²) in [5, 5.41) is 2.53. The Morgan fingerprint density at radius 1 is 1.39 bits per heavy atom. The molecule has 4 nitrogen and oxygen atoms in total. The van der Waals surface area contributed by atoms with Gasteiger partial charge in [0.1, 0.15) is 17.3 Å². The zero-order valence-corrected chi connectivity index (χ0v) is 9.93. The molecule has 18 heavy (non-hydrogen) atoms. The number of aromatic nitrogens is 1. The molecule has 0 saturated heterocycles. The Bertz CT molecular complexity index is 549. The number of hydrogen-bond acceptors (Lipinski definition) is 4. The number of thiazole rings is 1. The van der Waals surface area contributed by atoms with E-state index in [0.29, 0.717) is 0 Å². The highest BCUT2D eigenvalue weighted by atomic mass is 32.1. The summed E-state index contributed by atoms with van der Waals surface area (Å²) in [7, 11) is 0. The average Bonchev–Trinajstić information content (AvgIpc) is 2.85. The average molecular weight is 269 g/mol. The first kappa shape index (κ1) is 12.4. The van der Waals surface area contributed by atoms with E-state index in [4.69, 9.17) is 5.73 Å². The molecule has 0 unspecified atom stereocenters. The van der Waals surface area contributed by atoms with E-state index in [-0.39, 0.29) is 12.1 Å². The summed E-state index contributed by atoms with van der Waals surface area (Å²) in [6.45, 7) is 0.261. The van der Waals surface area contributed by atoms with Gasteiger partial charge in [-0.1, -0.05) is 0 Å². The highest BCUT2D eigenvalue weighted by molar-refractivity contribution is 7.09. The number of carbonyl (C=O) groups is 1. The molecule has 94 valence electrons. The van der Waals surface area contributed by atoms with Crippen molar-refractivity contribution in [3.63, 3.8) is 0 Å². The van der Waals surface area contributed by atoms with Gasteiger partial charge in [0.15, 0.2) is 0 Å². The van der Waals surface area contributed by atoms with Gasteiger partial charge in [0.2, 0.25) is 0 Å². The molecule has 0 atom stereocenters. The zero-order valence-electron chi connectivity index (χ0n) is 9.11. The molecule has 1 amide bonds. The van der Waals surface area contributed by atoms with E-state index in [2.05, 4.69) is 10.3 Å². The second-order valence-corrected chi connectivity index (χ2v) is 4.47. The lowest BCUT2D eigenvalue weighted by Crippen LogP contribution is -2.22. The van der Waals surface area contributed by atoms with Crippen LogP contribution in [0.1, 0.15) is 15.2 Å². The summed E-state index contributed by atoms with van der Waals surface area (Å²) in [4.78, 5) is 16.3. The second-order valence-electron chi connectivity index (χ2n) is 3.50. The van der Waals surface area contributed by atoms with Crippen LogP contribution in [0.15, 0.2) is 23.8 Å². The maximum absolute atomic E-state index is 13.2. The van der Waals surface area contributed by atoms with E-state index < -0.39 is 23.2 Å². The fraction of sp³-hybridized carbons (Fsp3) is 0.0909. The van der Waals surface area contributed by atoms with Gasteiger partial charge in [-0.05, 0) is 12.1 Å². The third-order valence-corrected chi connectivity index (χ3v) is 3.03. The molecule has 1 aromatic carbocycles. The van der Waals surface area contributed by atoms with Crippen LogP contribution in [0.2, 0.25) is 0 Å². The minimum absolute atomic E-state index is 0.108. The highest BCUT2D eigenvalue weighted by Gasteiger charge is 2.13. The van der Waals surface area contributed by atoms with Crippen molar-refractivity contribution in [2.24, 2.45) is 0 Å². The van der Waals surface area contributed by atoms with E-state index in [1.165, 1.54) is 11.3 Å². The molecule has 7 heteroatoms. The van der Waals surface area contributed by atoms with Crippen molar-refractivity contribution in [3.8, 4) is 0 Å². The van der Waals surface area contributed by atoms with Gasteiger partial charge in [0, 0.05) is 16.6 Å². The number of anilines is 1. The number of nitrogens with zero attached hydrogens (tertiary/aromatic N) is 1. The Hall–Kier alpha value is -2.02. The van der Waals surface area contributed by atoms with Gasteiger partial charge < -0.3 is 11.1 Å². The van der Waals surface area contributed by atoms with Crippen molar-refractivity contribution in [1.29, 1.82) is 0 Å². The fourth-order valence-electron chi connectivity index (χ4n) is 1.31. The molecule has 1 aromatic heterocycles. The molecule has 0 saturated carbocycles. The molecule has 0 radical (unpaired) electrons. The van der Waals surface area contributed by atoms with Crippen LogP contribution in [0.25, 0.3) is 0 Å².